The van der Waals surface area contributed by atoms with Crippen LogP contribution in [-0.2, 0) is 16.8 Å². The molecule has 2 N–H and O–H groups in total. The number of benzene rings is 2. The highest BCUT2D eigenvalue weighted by atomic mass is 16.2. The predicted molar refractivity (Wildman–Crippen MR) is 98.3 cm³/mol. The summed E-state index contributed by atoms with van der Waals surface area (Å²) >= 11 is 0. The van der Waals surface area contributed by atoms with Crippen molar-refractivity contribution in [1.29, 1.82) is 0 Å². The van der Waals surface area contributed by atoms with E-state index in [0.29, 0.717) is 6.54 Å². The number of hydrogen-bond acceptors (Lipinski definition) is 2. The molecule has 0 radical (unpaired) electrons. The molecular formula is C20H23N3O2. The predicted octanol–water partition coefficient (Wildman–Crippen LogP) is 3.13. The van der Waals surface area contributed by atoms with Gasteiger partial charge in [-0.25, -0.2) is 4.79 Å². The molecule has 0 bridgehead atoms. The zero-order valence-electron chi connectivity index (χ0n) is 14.6. The normalized spacial score (nSPS) is 14.5. The first-order valence-electron chi connectivity index (χ1n) is 8.42. The van der Waals surface area contributed by atoms with Gasteiger partial charge in [-0.1, -0.05) is 42.5 Å². The zero-order chi connectivity index (χ0) is 17.9. The molecule has 130 valence electrons. The maximum absolute atomic E-state index is 12.7. The maximum Gasteiger partial charge on any atom is 0.321 e. The maximum atomic E-state index is 12.7. The van der Waals surface area contributed by atoms with Crippen LogP contribution < -0.4 is 10.6 Å². The summed E-state index contributed by atoms with van der Waals surface area (Å²) < 4.78 is 0. The van der Waals surface area contributed by atoms with Crippen molar-refractivity contribution in [3.8, 4) is 0 Å². The van der Waals surface area contributed by atoms with Crippen LogP contribution in [0.2, 0.25) is 0 Å². The summed E-state index contributed by atoms with van der Waals surface area (Å²) in [5, 5.41) is 5.85. The van der Waals surface area contributed by atoms with E-state index in [1.165, 1.54) is 4.90 Å². The van der Waals surface area contributed by atoms with Crippen molar-refractivity contribution in [2.24, 2.45) is 0 Å². The number of nitrogens with one attached hydrogen (secondary N) is 2. The van der Waals surface area contributed by atoms with E-state index in [2.05, 4.69) is 10.6 Å². The van der Waals surface area contributed by atoms with Crippen LogP contribution in [0.25, 0.3) is 0 Å². The van der Waals surface area contributed by atoms with Crippen molar-refractivity contribution in [2.45, 2.75) is 24.8 Å². The van der Waals surface area contributed by atoms with E-state index >= 15 is 0 Å². The number of rotatable bonds is 5. The van der Waals surface area contributed by atoms with Gasteiger partial charge < -0.3 is 15.5 Å². The Balaban J connectivity index is 1.62. The number of carbonyl (C=O) groups excluding carboxylic acids is 2. The minimum absolute atomic E-state index is 0.0708. The van der Waals surface area contributed by atoms with Crippen molar-refractivity contribution in [1.82, 2.24) is 10.2 Å². The van der Waals surface area contributed by atoms with Crippen molar-refractivity contribution >= 4 is 17.6 Å². The number of amides is 3. The number of carbonyl (C=O) groups is 2. The minimum Gasteiger partial charge on any atom is -0.351 e. The Morgan fingerprint density at radius 3 is 2.40 bits per heavy atom. The summed E-state index contributed by atoms with van der Waals surface area (Å²) in [5.74, 6) is 0.0708. The van der Waals surface area contributed by atoms with Gasteiger partial charge in [-0.3, -0.25) is 4.79 Å². The van der Waals surface area contributed by atoms with Gasteiger partial charge in [-0.05, 0) is 36.1 Å². The second kappa shape index (κ2) is 6.97. The fourth-order valence-electron chi connectivity index (χ4n) is 2.87. The molecule has 0 unspecified atom stereocenters. The number of hydrogen-bond donors (Lipinski definition) is 2. The summed E-state index contributed by atoms with van der Waals surface area (Å²) in [5.41, 5.74) is 2.39. The summed E-state index contributed by atoms with van der Waals surface area (Å²) in [6, 6.07) is 17.3. The number of anilines is 1. The van der Waals surface area contributed by atoms with Crippen LogP contribution >= 0.6 is 0 Å². The molecule has 0 saturated heterocycles. The molecule has 3 rings (SSSR count). The zero-order valence-corrected chi connectivity index (χ0v) is 14.6. The molecule has 1 aliphatic carbocycles. The van der Waals surface area contributed by atoms with Gasteiger partial charge in [-0.2, -0.15) is 0 Å². The first kappa shape index (κ1) is 17.0. The smallest absolute Gasteiger partial charge is 0.321 e. The standard InChI is InChI=1S/C20H23N3O2/c1-23(2)19(25)22-17-10-6-7-15(13-17)14-21-18(24)20(11-12-20)16-8-4-3-5-9-16/h3-10,13H,11-12,14H2,1-2H3,(H,21,24)(H,22,25). The number of nitrogens with zero attached hydrogens (tertiary/aromatic N) is 1. The third kappa shape index (κ3) is 3.82. The molecule has 3 amide bonds. The SMILES string of the molecule is CN(C)C(=O)Nc1cccc(CNC(=O)C2(c3ccccc3)CC2)c1. The molecule has 0 aliphatic heterocycles. The Bertz CT molecular complexity index is 768. The molecule has 1 saturated carbocycles. The van der Waals surface area contributed by atoms with Gasteiger partial charge in [0.15, 0.2) is 0 Å². The Labute approximate surface area is 148 Å². The molecule has 1 fully saturated rings. The second-order valence-electron chi connectivity index (χ2n) is 6.66. The first-order valence-corrected chi connectivity index (χ1v) is 8.42. The Kier molecular flexibility index (Phi) is 4.74. The van der Waals surface area contributed by atoms with Gasteiger partial charge in [0.2, 0.25) is 5.91 Å². The molecule has 0 spiro atoms. The fraction of sp³-hybridized carbons (Fsp3) is 0.300. The fourth-order valence-corrected chi connectivity index (χ4v) is 2.87. The third-order valence-electron chi connectivity index (χ3n) is 4.55. The van der Waals surface area contributed by atoms with Gasteiger partial charge in [0, 0.05) is 26.3 Å². The van der Waals surface area contributed by atoms with Gasteiger partial charge in [0.05, 0.1) is 5.41 Å². The van der Waals surface area contributed by atoms with E-state index in [-0.39, 0.29) is 17.4 Å². The average molecular weight is 337 g/mol. The van der Waals surface area contributed by atoms with Gasteiger partial charge in [0.1, 0.15) is 0 Å². The van der Waals surface area contributed by atoms with E-state index in [4.69, 9.17) is 0 Å². The minimum atomic E-state index is -0.363. The largest absolute Gasteiger partial charge is 0.351 e. The van der Waals surface area contributed by atoms with Crippen molar-refractivity contribution < 1.29 is 9.59 Å². The van der Waals surface area contributed by atoms with Crippen LogP contribution in [0.4, 0.5) is 10.5 Å². The van der Waals surface area contributed by atoms with E-state index in [1.54, 1.807) is 14.1 Å². The molecule has 25 heavy (non-hydrogen) atoms. The Hall–Kier alpha value is -2.82. The highest BCUT2D eigenvalue weighted by molar-refractivity contribution is 5.91. The van der Waals surface area contributed by atoms with E-state index in [9.17, 15) is 9.59 Å². The highest BCUT2D eigenvalue weighted by Crippen LogP contribution is 2.48. The van der Waals surface area contributed by atoms with Gasteiger partial charge in [-0.15, -0.1) is 0 Å². The van der Waals surface area contributed by atoms with Crippen LogP contribution in [0.3, 0.4) is 0 Å². The molecule has 5 nitrogen and oxygen atoms in total. The van der Waals surface area contributed by atoms with E-state index < -0.39 is 0 Å². The van der Waals surface area contributed by atoms with Crippen LogP contribution in [0.5, 0.6) is 0 Å². The Morgan fingerprint density at radius 2 is 1.76 bits per heavy atom. The van der Waals surface area contributed by atoms with Crippen molar-refractivity contribution in [2.75, 3.05) is 19.4 Å². The second-order valence-corrected chi connectivity index (χ2v) is 6.66. The molecular weight excluding hydrogens is 314 g/mol. The molecule has 2 aromatic carbocycles. The van der Waals surface area contributed by atoms with Crippen LogP contribution in [0, 0.1) is 0 Å². The Morgan fingerprint density at radius 1 is 1.04 bits per heavy atom. The molecule has 2 aromatic rings. The lowest BCUT2D eigenvalue weighted by atomic mass is 9.95. The van der Waals surface area contributed by atoms with Crippen molar-refractivity contribution in [3.05, 3.63) is 65.7 Å². The molecule has 5 heteroatoms. The summed E-state index contributed by atoms with van der Waals surface area (Å²) in [4.78, 5) is 25.9. The average Bonchev–Trinajstić information content (AvgIpc) is 3.43. The molecule has 0 heterocycles. The van der Waals surface area contributed by atoms with Crippen LogP contribution in [0.1, 0.15) is 24.0 Å². The summed E-state index contributed by atoms with van der Waals surface area (Å²) in [7, 11) is 3.39. The third-order valence-corrected chi connectivity index (χ3v) is 4.55. The first-order chi connectivity index (χ1) is 12.0. The topological polar surface area (TPSA) is 61.4 Å². The van der Waals surface area contributed by atoms with Crippen LogP contribution in [0.15, 0.2) is 54.6 Å². The van der Waals surface area contributed by atoms with Crippen LogP contribution in [-0.4, -0.2) is 30.9 Å². The molecule has 1 aliphatic rings. The van der Waals surface area contributed by atoms with Gasteiger partial charge in [0.25, 0.3) is 0 Å². The summed E-state index contributed by atoms with van der Waals surface area (Å²) in [6.07, 6.45) is 1.78. The summed E-state index contributed by atoms with van der Waals surface area (Å²) in [6.45, 7) is 0.444. The number of urea groups is 1. The highest BCUT2D eigenvalue weighted by Gasteiger charge is 2.50. The lowest BCUT2D eigenvalue weighted by Gasteiger charge is -2.16. The molecule has 0 aromatic heterocycles. The van der Waals surface area contributed by atoms with Gasteiger partial charge >= 0.3 is 6.03 Å². The quantitative estimate of drug-likeness (QED) is 0.880. The van der Waals surface area contributed by atoms with E-state index in [1.807, 2.05) is 54.6 Å². The lowest BCUT2D eigenvalue weighted by molar-refractivity contribution is -0.123. The van der Waals surface area contributed by atoms with E-state index in [0.717, 1.165) is 29.7 Å². The van der Waals surface area contributed by atoms with Crippen molar-refractivity contribution in [3.63, 3.8) is 0 Å². The molecule has 0 atom stereocenters. The monoisotopic (exact) mass is 337 g/mol. The lowest BCUT2D eigenvalue weighted by Crippen LogP contribution is -2.34.